The van der Waals surface area contributed by atoms with Gasteiger partial charge in [-0.15, -0.1) is 0 Å². The number of ether oxygens (including phenoxy) is 1. The maximum Gasteiger partial charge on any atom is 0.257 e. The van der Waals surface area contributed by atoms with E-state index in [0.717, 1.165) is 25.0 Å². The van der Waals surface area contributed by atoms with Crippen LogP contribution >= 0.6 is 12.2 Å². The van der Waals surface area contributed by atoms with E-state index >= 15 is 0 Å². The fourth-order valence-electron chi connectivity index (χ4n) is 2.51. The average Bonchev–Trinajstić information content (AvgIpc) is 2.73. The zero-order valence-corrected chi connectivity index (χ0v) is 18.5. The van der Waals surface area contributed by atoms with Gasteiger partial charge in [0.25, 0.3) is 5.91 Å². The Balaban J connectivity index is 1.82. The van der Waals surface area contributed by atoms with Crippen molar-refractivity contribution in [3.05, 3.63) is 54.1 Å². The van der Waals surface area contributed by atoms with Crippen molar-refractivity contribution < 1.29 is 14.3 Å². The molecule has 7 heteroatoms. The molecule has 2 amide bonds. The van der Waals surface area contributed by atoms with Crippen molar-refractivity contribution in [3.8, 4) is 5.75 Å². The maximum atomic E-state index is 12.4. The lowest BCUT2D eigenvalue weighted by Gasteiger charge is -2.12. The summed E-state index contributed by atoms with van der Waals surface area (Å²) in [5.41, 5.74) is 1.90. The Hall–Kier alpha value is -2.93. The van der Waals surface area contributed by atoms with Crippen molar-refractivity contribution in [2.45, 2.75) is 40.0 Å². The number of anilines is 2. The van der Waals surface area contributed by atoms with E-state index in [0.29, 0.717) is 23.5 Å². The molecule has 0 bridgehead atoms. The molecule has 160 valence electrons. The van der Waals surface area contributed by atoms with Gasteiger partial charge in [0.1, 0.15) is 5.75 Å². The first-order valence-corrected chi connectivity index (χ1v) is 10.6. The minimum absolute atomic E-state index is 0.0455. The van der Waals surface area contributed by atoms with Crippen molar-refractivity contribution in [2.75, 3.05) is 17.2 Å². The summed E-state index contributed by atoms with van der Waals surface area (Å²) in [6, 6.07) is 14.1. The topological polar surface area (TPSA) is 79.5 Å². The van der Waals surface area contributed by atoms with Gasteiger partial charge in [-0.25, -0.2) is 0 Å². The van der Waals surface area contributed by atoms with Crippen LogP contribution in [0.3, 0.4) is 0 Å². The second kappa shape index (κ2) is 11.9. The lowest BCUT2D eigenvalue weighted by molar-refractivity contribution is -0.118. The number of nitrogens with one attached hydrogen (secondary N) is 3. The first-order valence-electron chi connectivity index (χ1n) is 10.1. The van der Waals surface area contributed by atoms with Crippen LogP contribution in [0.4, 0.5) is 11.4 Å². The molecule has 0 spiro atoms. The average molecular weight is 428 g/mol. The molecule has 0 aliphatic carbocycles. The Labute approximate surface area is 183 Å². The summed E-state index contributed by atoms with van der Waals surface area (Å²) in [6.45, 7) is 6.49. The molecule has 0 aliphatic rings. The van der Waals surface area contributed by atoms with Gasteiger partial charge in [0.05, 0.1) is 6.61 Å². The summed E-state index contributed by atoms with van der Waals surface area (Å²) < 4.78 is 5.65. The molecule has 0 unspecified atom stereocenters. The van der Waals surface area contributed by atoms with Gasteiger partial charge in [-0.3, -0.25) is 14.9 Å². The second-order valence-corrected chi connectivity index (χ2v) is 7.62. The highest BCUT2D eigenvalue weighted by atomic mass is 32.1. The lowest BCUT2D eigenvalue weighted by Crippen LogP contribution is -2.34. The van der Waals surface area contributed by atoms with Crippen LogP contribution in [0.5, 0.6) is 5.75 Å². The molecule has 2 aromatic carbocycles. The van der Waals surface area contributed by atoms with Crippen LogP contribution in [0, 0.1) is 5.92 Å². The van der Waals surface area contributed by atoms with Gasteiger partial charge in [0.2, 0.25) is 5.91 Å². The van der Waals surface area contributed by atoms with Crippen LogP contribution in [0.2, 0.25) is 0 Å². The van der Waals surface area contributed by atoms with Crippen LogP contribution in [-0.2, 0) is 4.79 Å². The summed E-state index contributed by atoms with van der Waals surface area (Å²) in [6.07, 6.45) is 3.30. The minimum atomic E-state index is -0.300. The summed E-state index contributed by atoms with van der Waals surface area (Å²) in [5, 5.41) is 8.63. The van der Waals surface area contributed by atoms with Crippen LogP contribution in [0.1, 0.15) is 50.4 Å². The fraction of sp³-hybridized carbons (Fsp3) is 0.348. The highest BCUT2D eigenvalue weighted by molar-refractivity contribution is 7.80. The van der Waals surface area contributed by atoms with Crippen molar-refractivity contribution >= 4 is 40.5 Å². The molecule has 0 saturated heterocycles. The molecule has 2 aromatic rings. The normalized spacial score (nSPS) is 10.4. The fourth-order valence-corrected chi connectivity index (χ4v) is 2.72. The molecule has 6 nitrogen and oxygen atoms in total. The van der Waals surface area contributed by atoms with Crippen molar-refractivity contribution in [2.24, 2.45) is 5.92 Å². The molecule has 0 radical (unpaired) electrons. The van der Waals surface area contributed by atoms with Crippen LogP contribution in [0.25, 0.3) is 0 Å². The number of rotatable bonds is 9. The maximum absolute atomic E-state index is 12.4. The van der Waals surface area contributed by atoms with E-state index in [1.165, 1.54) is 0 Å². The number of carbonyl (C=O) groups excluding carboxylic acids is 2. The van der Waals surface area contributed by atoms with E-state index in [9.17, 15) is 9.59 Å². The predicted octanol–water partition coefficient (Wildman–Crippen LogP) is 4.98. The number of carbonyl (C=O) groups is 2. The second-order valence-electron chi connectivity index (χ2n) is 7.21. The highest BCUT2D eigenvalue weighted by Crippen LogP contribution is 2.15. The molecular weight excluding hydrogens is 398 g/mol. The Morgan fingerprint density at radius 3 is 2.10 bits per heavy atom. The molecular formula is C23H29N3O3S. The number of benzene rings is 2. The molecule has 0 saturated carbocycles. The summed E-state index contributed by atoms with van der Waals surface area (Å²) in [4.78, 5) is 24.1. The molecule has 0 heterocycles. The smallest absolute Gasteiger partial charge is 0.257 e. The van der Waals surface area contributed by atoms with E-state index in [4.69, 9.17) is 17.0 Å². The quantitative estimate of drug-likeness (QED) is 0.389. The van der Waals surface area contributed by atoms with E-state index < -0.39 is 0 Å². The third-order valence-electron chi connectivity index (χ3n) is 4.29. The van der Waals surface area contributed by atoms with Gasteiger partial charge >= 0.3 is 0 Å². The highest BCUT2D eigenvalue weighted by Gasteiger charge is 2.09. The van der Waals surface area contributed by atoms with E-state index in [2.05, 4.69) is 22.9 Å². The number of unbranched alkanes of at least 4 members (excludes halogenated alkanes) is 2. The zero-order valence-electron chi connectivity index (χ0n) is 17.7. The Bertz CT molecular complexity index is 849. The summed E-state index contributed by atoms with van der Waals surface area (Å²) >= 11 is 5.22. The number of thiocarbonyl (C=S) groups is 1. The standard InChI is InChI=1S/C23H29N3O3S/c1-4-5-6-15-29-20-13-7-17(8-14-20)22(28)26-23(30)25-19-11-9-18(10-12-19)24-21(27)16(2)3/h7-14,16H,4-6,15H2,1-3H3,(H,24,27)(H2,25,26,28,30). The van der Waals surface area contributed by atoms with E-state index in [1.54, 1.807) is 48.5 Å². The third-order valence-corrected chi connectivity index (χ3v) is 4.50. The monoisotopic (exact) mass is 427 g/mol. The SMILES string of the molecule is CCCCCOc1ccc(C(=O)NC(=S)Nc2ccc(NC(=O)C(C)C)cc2)cc1. The minimum Gasteiger partial charge on any atom is -0.494 e. The Kier molecular flexibility index (Phi) is 9.28. The molecule has 0 aromatic heterocycles. The van der Waals surface area contributed by atoms with Gasteiger partial charge in [0, 0.05) is 22.9 Å². The molecule has 2 rings (SSSR count). The van der Waals surface area contributed by atoms with Crippen LogP contribution < -0.4 is 20.7 Å². The molecule has 0 atom stereocenters. The first kappa shape index (κ1) is 23.3. The van der Waals surface area contributed by atoms with Gasteiger partial charge in [-0.1, -0.05) is 33.6 Å². The van der Waals surface area contributed by atoms with Crippen LogP contribution in [0.15, 0.2) is 48.5 Å². The Morgan fingerprint density at radius 1 is 0.933 bits per heavy atom. The zero-order chi connectivity index (χ0) is 21.9. The van der Waals surface area contributed by atoms with Crippen molar-refractivity contribution in [1.82, 2.24) is 5.32 Å². The van der Waals surface area contributed by atoms with E-state index in [1.807, 2.05) is 13.8 Å². The van der Waals surface area contributed by atoms with Gasteiger partial charge in [-0.05, 0) is 67.2 Å². The molecule has 0 fully saturated rings. The summed E-state index contributed by atoms with van der Waals surface area (Å²) in [5.74, 6) is 0.307. The lowest BCUT2D eigenvalue weighted by atomic mass is 10.2. The number of hydrogen-bond acceptors (Lipinski definition) is 4. The first-order chi connectivity index (χ1) is 14.4. The molecule has 30 heavy (non-hydrogen) atoms. The largest absolute Gasteiger partial charge is 0.494 e. The Morgan fingerprint density at radius 2 is 1.53 bits per heavy atom. The van der Waals surface area contributed by atoms with Gasteiger partial charge < -0.3 is 15.4 Å². The van der Waals surface area contributed by atoms with Crippen molar-refractivity contribution in [1.29, 1.82) is 0 Å². The van der Waals surface area contributed by atoms with Crippen LogP contribution in [-0.4, -0.2) is 23.5 Å². The summed E-state index contributed by atoms with van der Waals surface area (Å²) in [7, 11) is 0. The number of amides is 2. The predicted molar refractivity (Wildman–Crippen MR) is 125 cm³/mol. The third kappa shape index (κ3) is 7.83. The van der Waals surface area contributed by atoms with Gasteiger partial charge in [0.15, 0.2) is 5.11 Å². The number of hydrogen-bond donors (Lipinski definition) is 3. The molecule has 3 N–H and O–H groups in total. The van der Waals surface area contributed by atoms with Gasteiger partial charge in [-0.2, -0.15) is 0 Å². The van der Waals surface area contributed by atoms with Crippen molar-refractivity contribution in [3.63, 3.8) is 0 Å². The van der Waals surface area contributed by atoms with E-state index in [-0.39, 0.29) is 22.8 Å². The molecule has 0 aliphatic heterocycles.